The first-order chi connectivity index (χ1) is 10.2. The topological polar surface area (TPSA) is 46.2 Å². The molecule has 0 radical (unpaired) electrons. The molecule has 0 spiro atoms. The molecule has 0 atom stereocenters. The lowest BCUT2D eigenvalue weighted by Gasteiger charge is -2.13. The molecule has 0 aromatic heterocycles. The Kier molecular flexibility index (Phi) is 5.14. The first-order valence-corrected chi connectivity index (χ1v) is 9.17. The molecule has 118 valence electrons. The molecule has 7 heteroatoms. The maximum atomic E-state index is 13.4. The van der Waals surface area contributed by atoms with Crippen molar-refractivity contribution >= 4 is 43.2 Å². The monoisotopic (exact) mass is 405 g/mol. The summed E-state index contributed by atoms with van der Waals surface area (Å²) >= 11 is 9.24. The number of anilines is 1. The van der Waals surface area contributed by atoms with Gasteiger partial charge in [0.15, 0.2) is 0 Å². The van der Waals surface area contributed by atoms with Crippen molar-refractivity contribution < 1.29 is 12.8 Å². The lowest BCUT2D eigenvalue weighted by molar-refractivity contribution is 0.599. The number of benzene rings is 2. The number of hydrogen-bond acceptors (Lipinski definition) is 2. The smallest absolute Gasteiger partial charge is 0.262 e. The summed E-state index contributed by atoms with van der Waals surface area (Å²) in [4.78, 5) is 0.177. The Morgan fingerprint density at radius 1 is 1.27 bits per heavy atom. The average Bonchev–Trinajstić information content (AvgIpc) is 2.44. The molecule has 0 aliphatic heterocycles. The van der Waals surface area contributed by atoms with Crippen molar-refractivity contribution in [2.75, 3.05) is 4.72 Å². The third kappa shape index (κ3) is 3.62. The molecule has 2 aromatic carbocycles. The Bertz CT molecular complexity index is 825. The van der Waals surface area contributed by atoms with Gasteiger partial charge in [-0.1, -0.05) is 34.5 Å². The second-order valence-corrected chi connectivity index (χ2v) is 7.77. The fourth-order valence-electron chi connectivity index (χ4n) is 2.02. The van der Waals surface area contributed by atoms with Crippen LogP contribution in [0.1, 0.15) is 18.1 Å². The summed E-state index contributed by atoms with van der Waals surface area (Å²) in [6, 6.07) is 7.41. The van der Waals surface area contributed by atoms with Gasteiger partial charge < -0.3 is 0 Å². The van der Waals surface area contributed by atoms with Crippen molar-refractivity contribution in [1.82, 2.24) is 0 Å². The summed E-state index contributed by atoms with van der Waals surface area (Å²) in [7, 11) is -3.80. The average molecular weight is 407 g/mol. The third-order valence-electron chi connectivity index (χ3n) is 3.19. The Morgan fingerprint density at radius 3 is 2.59 bits per heavy atom. The quantitative estimate of drug-likeness (QED) is 0.784. The first kappa shape index (κ1) is 17.2. The molecule has 22 heavy (non-hydrogen) atoms. The van der Waals surface area contributed by atoms with E-state index >= 15 is 0 Å². The van der Waals surface area contributed by atoms with Gasteiger partial charge in [-0.15, -0.1) is 0 Å². The Balaban J connectivity index is 2.47. The van der Waals surface area contributed by atoms with Crippen LogP contribution in [-0.4, -0.2) is 8.42 Å². The molecular weight excluding hydrogens is 393 g/mol. The minimum Gasteiger partial charge on any atom is -0.278 e. The second kappa shape index (κ2) is 6.56. The van der Waals surface area contributed by atoms with Crippen molar-refractivity contribution in [2.24, 2.45) is 0 Å². The second-order valence-electron chi connectivity index (χ2n) is 4.79. The van der Waals surface area contributed by atoms with Gasteiger partial charge >= 0.3 is 0 Å². The van der Waals surface area contributed by atoms with Gasteiger partial charge in [0.2, 0.25) is 0 Å². The zero-order chi connectivity index (χ0) is 16.5. The first-order valence-electron chi connectivity index (χ1n) is 6.51. The van der Waals surface area contributed by atoms with Gasteiger partial charge in [0.05, 0.1) is 15.6 Å². The summed E-state index contributed by atoms with van der Waals surface area (Å²) < 4.78 is 41.8. The van der Waals surface area contributed by atoms with Crippen LogP contribution < -0.4 is 4.72 Å². The molecule has 0 saturated carbocycles. The van der Waals surface area contributed by atoms with Crippen molar-refractivity contribution in [3.63, 3.8) is 0 Å². The van der Waals surface area contributed by atoms with Crippen LogP contribution >= 0.6 is 27.5 Å². The Labute approximate surface area is 142 Å². The molecule has 0 amide bonds. The van der Waals surface area contributed by atoms with Crippen LogP contribution in [0.25, 0.3) is 0 Å². The summed E-state index contributed by atoms with van der Waals surface area (Å²) in [5.74, 6) is -0.481. The number of rotatable bonds is 4. The van der Waals surface area contributed by atoms with Crippen molar-refractivity contribution in [1.29, 1.82) is 0 Å². The van der Waals surface area contributed by atoms with Crippen LogP contribution in [0.3, 0.4) is 0 Å². The highest BCUT2D eigenvalue weighted by atomic mass is 79.9. The van der Waals surface area contributed by atoms with Crippen LogP contribution in [0.5, 0.6) is 0 Å². The highest BCUT2D eigenvalue weighted by Gasteiger charge is 2.20. The van der Waals surface area contributed by atoms with Gasteiger partial charge in [0.25, 0.3) is 10.0 Å². The van der Waals surface area contributed by atoms with E-state index in [4.69, 9.17) is 11.6 Å². The molecule has 0 saturated heterocycles. The zero-order valence-electron chi connectivity index (χ0n) is 12.0. The van der Waals surface area contributed by atoms with Crippen LogP contribution in [0.2, 0.25) is 5.02 Å². The minimum absolute atomic E-state index is 0.0156. The number of sulfonamides is 1. The number of hydrogen-bond donors (Lipinski definition) is 1. The maximum absolute atomic E-state index is 13.4. The van der Waals surface area contributed by atoms with E-state index in [-0.39, 0.29) is 15.6 Å². The van der Waals surface area contributed by atoms with E-state index in [9.17, 15) is 12.8 Å². The lowest BCUT2D eigenvalue weighted by Crippen LogP contribution is -2.15. The van der Waals surface area contributed by atoms with E-state index < -0.39 is 15.8 Å². The fraction of sp³-hybridized carbons (Fsp3) is 0.200. The standard InChI is InChI=1S/C15H14BrClFNO2S/c1-3-10-7-11(16)4-5-15(10)22(20,21)19-14-6-9(2)13(18)8-12(14)17/h4-8,19H,3H2,1-2H3. The van der Waals surface area contributed by atoms with E-state index in [0.717, 1.165) is 10.5 Å². The highest BCUT2D eigenvalue weighted by Crippen LogP contribution is 2.29. The highest BCUT2D eigenvalue weighted by molar-refractivity contribution is 9.10. The number of halogens is 3. The van der Waals surface area contributed by atoms with Gasteiger partial charge in [-0.25, -0.2) is 12.8 Å². The zero-order valence-corrected chi connectivity index (χ0v) is 15.1. The molecule has 0 bridgehead atoms. The predicted octanol–water partition coefficient (Wildman–Crippen LogP) is 4.91. The maximum Gasteiger partial charge on any atom is 0.262 e. The van der Waals surface area contributed by atoms with E-state index in [0.29, 0.717) is 17.5 Å². The van der Waals surface area contributed by atoms with Crippen molar-refractivity contribution in [3.05, 3.63) is 56.8 Å². The Hall–Kier alpha value is -1.11. The summed E-state index contributed by atoms with van der Waals surface area (Å²) in [5, 5.41) is 0.0156. The normalized spacial score (nSPS) is 11.5. The van der Waals surface area contributed by atoms with E-state index in [1.165, 1.54) is 12.1 Å². The van der Waals surface area contributed by atoms with Gasteiger partial charge in [-0.05, 0) is 54.8 Å². The fourth-order valence-corrected chi connectivity index (χ4v) is 4.05. The molecule has 0 unspecified atom stereocenters. The van der Waals surface area contributed by atoms with E-state index in [1.54, 1.807) is 19.1 Å². The van der Waals surface area contributed by atoms with Gasteiger partial charge in [0.1, 0.15) is 5.82 Å². The summed E-state index contributed by atoms with van der Waals surface area (Å²) in [5.41, 5.74) is 1.15. The Morgan fingerprint density at radius 2 is 1.95 bits per heavy atom. The third-order valence-corrected chi connectivity index (χ3v) is 5.46. The molecule has 2 rings (SSSR count). The predicted molar refractivity (Wildman–Crippen MR) is 90.5 cm³/mol. The van der Waals surface area contributed by atoms with Gasteiger partial charge in [-0.2, -0.15) is 0 Å². The lowest BCUT2D eigenvalue weighted by atomic mass is 10.2. The number of aryl methyl sites for hydroxylation is 2. The van der Waals surface area contributed by atoms with E-state index in [1.807, 2.05) is 6.92 Å². The molecule has 0 heterocycles. The SMILES string of the molecule is CCc1cc(Br)ccc1S(=O)(=O)Nc1cc(C)c(F)cc1Cl. The van der Waals surface area contributed by atoms with Crippen LogP contribution in [0.15, 0.2) is 39.7 Å². The summed E-state index contributed by atoms with van der Waals surface area (Å²) in [6.07, 6.45) is 0.561. The minimum atomic E-state index is -3.80. The van der Waals surface area contributed by atoms with Crippen molar-refractivity contribution in [2.45, 2.75) is 25.2 Å². The van der Waals surface area contributed by atoms with Crippen LogP contribution in [-0.2, 0) is 16.4 Å². The molecule has 0 aliphatic rings. The number of nitrogens with one attached hydrogen (secondary N) is 1. The molecule has 2 aromatic rings. The molecule has 0 aliphatic carbocycles. The largest absolute Gasteiger partial charge is 0.278 e. The van der Waals surface area contributed by atoms with Gasteiger partial charge in [-0.3, -0.25) is 4.72 Å². The molecule has 3 nitrogen and oxygen atoms in total. The summed E-state index contributed by atoms with van der Waals surface area (Å²) in [6.45, 7) is 3.41. The van der Waals surface area contributed by atoms with Crippen molar-refractivity contribution in [3.8, 4) is 0 Å². The van der Waals surface area contributed by atoms with Gasteiger partial charge in [0, 0.05) is 4.47 Å². The molecule has 0 fully saturated rings. The molecule has 1 N–H and O–H groups in total. The van der Waals surface area contributed by atoms with Crippen LogP contribution in [0.4, 0.5) is 10.1 Å². The van der Waals surface area contributed by atoms with E-state index in [2.05, 4.69) is 20.7 Å². The van der Waals surface area contributed by atoms with Crippen LogP contribution in [0, 0.1) is 12.7 Å². The molecular formula is C15H14BrClFNO2S.